The number of amides is 3. The molecule has 0 bridgehead atoms. The zero-order valence-electron chi connectivity index (χ0n) is 17.1. The summed E-state index contributed by atoms with van der Waals surface area (Å²) in [6.45, 7) is 1.42. The summed E-state index contributed by atoms with van der Waals surface area (Å²) in [5.74, 6) is -5.49. The fraction of sp³-hybridized carbons (Fsp3) is 0.421. The Kier molecular flexibility index (Phi) is 10.4. The van der Waals surface area contributed by atoms with Crippen LogP contribution in [0.4, 0.5) is 0 Å². The molecule has 8 N–H and O–H groups in total. The van der Waals surface area contributed by atoms with E-state index >= 15 is 0 Å². The van der Waals surface area contributed by atoms with E-state index in [1.54, 1.807) is 0 Å². The van der Waals surface area contributed by atoms with E-state index in [1.165, 1.54) is 31.2 Å². The number of carbonyl (C=O) groups is 5. The highest BCUT2D eigenvalue weighted by Gasteiger charge is 2.30. The van der Waals surface area contributed by atoms with Crippen LogP contribution in [0.15, 0.2) is 24.3 Å². The first-order valence-corrected chi connectivity index (χ1v) is 10.1. The lowest BCUT2D eigenvalue weighted by atomic mass is 10.0. The van der Waals surface area contributed by atoms with E-state index in [2.05, 4.69) is 28.6 Å². The van der Waals surface area contributed by atoms with E-state index in [-0.39, 0.29) is 17.9 Å². The third-order valence-corrected chi connectivity index (χ3v) is 4.60. The predicted molar refractivity (Wildman–Crippen MR) is 115 cm³/mol. The van der Waals surface area contributed by atoms with Crippen LogP contribution in [-0.2, 0) is 30.4 Å². The Hall–Kier alpha value is -3.32. The molecule has 4 unspecified atom stereocenters. The van der Waals surface area contributed by atoms with E-state index in [9.17, 15) is 29.1 Å². The fourth-order valence-electron chi connectivity index (χ4n) is 2.49. The quantitative estimate of drug-likeness (QED) is 0.162. The molecule has 12 nitrogen and oxygen atoms in total. The summed E-state index contributed by atoms with van der Waals surface area (Å²) in [7, 11) is 0. The Bertz CT molecular complexity index is 846. The first kappa shape index (κ1) is 26.7. The molecule has 0 aliphatic rings. The third kappa shape index (κ3) is 8.81. The van der Waals surface area contributed by atoms with Crippen LogP contribution in [-0.4, -0.2) is 74.9 Å². The maximum atomic E-state index is 12.7. The molecule has 0 heterocycles. The lowest BCUT2D eigenvalue weighted by molar-refractivity contribution is -0.147. The van der Waals surface area contributed by atoms with Gasteiger partial charge in [-0.05, 0) is 24.6 Å². The molecule has 3 amide bonds. The van der Waals surface area contributed by atoms with Crippen molar-refractivity contribution in [2.24, 2.45) is 5.73 Å². The summed E-state index contributed by atoms with van der Waals surface area (Å²) < 4.78 is 0. The molecule has 0 aromatic heterocycles. The Morgan fingerprint density at radius 2 is 1.41 bits per heavy atom. The molecule has 176 valence electrons. The highest BCUT2D eigenvalue weighted by molar-refractivity contribution is 7.80. The number of phenolic OH excluding ortho intramolecular Hbond substituents is 1. The predicted octanol–water partition coefficient (Wildman–Crippen LogP) is -1.77. The first-order valence-electron chi connectivity index (χ1n) is 9.44. The number of carboxylic acids is 2. The van der Waals surface area contributed by atoms with Crippen LogP contribution >= 0.6 is 12.6 Å². The number of thiol groups is 1. The second-order valence-electron chi connectivity index (χ2n) is 6.96. The minimum absolute atomic E-state index is 0.0278. The monoisotopic (exact) mass is 470 g/mol. The standard InChI is InChI=1S/C19H26N4O8S/c1-9(20)16(27)23-14(8-32)18(29)21-12(6-10-2-4-11(24)5-3-10)17(28)22-13(19(30)31)7-15(25)26/h2-5,9,12-14,24,32H,6-8,20H2,1H3,(H,21,29)(H,22,28)(H,23,27)(H,25,26)(H,30,31). The molecule has 0 saturated heterocycles. The van der Waals surface area contributed by atoms with Crippen molar-refractivity contribution in [1.29, 1.82) is 0 Å². The molecule has 1 aromatic carbocycles. The Morgan fingerprint density at radius 3 is 1.88 bits per heavy atom. The molecule has 0 aliphatic carbocycles. The average molecular weight is 471 g/mol. The first-order chi connectivity index (χ1) is 14.9. The largest absolute Gasteiger partial charge is 0.508 e. The molecule has 32 heavy (non-hydrogen) atoms. The van der Waals surface area contributed by atoms with Crippen molar-refractivity contribution in [2.45, 2.75) is 43.9 Å². The van der Waals surface area contributed by atoms with Crippen LogP contribution < -0.4 is 21.7 Å². The van der Waals surface area contributed by atoms with Crippen LogP contribution in [0.2, 0.25) is 0 Å². The van der Waals surface area contributed by atoms with Gasteiger partial charge in [-0.2, -0.15) is 12.6 Å². The third-order valence-electron chi connectivity index (χ3n) is 4.23. The van der Waals surface area contributed by atoms with Gasteiger partial charge in [0.25, 0.3) is 0 Å². The van der Waals surface area contributed by atoms with Gasteiger partial charge in [-0.15, -0.1) is 0 Å². The second kappa shape index (κ2) is 12.5. The Morgan fingerprint density at radius 1 is 0.906 bits per heavy atom. The van der Waals surface area contributed by atoms with Crippen LogP contribution in [0, 0.1) is 0 Å². The Labute approximate surface area is 189 Å². The molecule has 0 radical (unpaired) electrons. The van der Waals surface area contributed by atoms with Gasteiger partial charge in [-0.1, -0.05) is 12.1 Å². The minimum Gasteiger partial charge on any atom is -0.508 e. The molecule has 0 fully saturated rings. The molecule has 4 atom stereocenters. The zero-order valence-corrected chi connectivity index (χ0v) is 18.0. The summed E-state index contributed by atoms with van der Waals surface area (Å²) in [4.78, 5) is 59.4. The van der Waals surface area contributed by atoms with Crippen LogP contribution in [0.25, 0.3) is 0 Å². The number of hydrogen-bond donors (Lipinski definition) is 8. The number of hydrogen-bond acceptors (Lipinski definition) is 8. The van der Waals surface area contributed by atoms with Gasteiger partial charge in [0.2, 0.25) is 17.7 Å². The van der Waals surface area contributed by atoms with Crippen molar-refractivity contribution >= 4 is 42.3 Å². The molecular weight excluding hydrogens is 444 g/mol. The van der Waals surface area contributed by atoms with Crippen molar-refractivity contribution in [3.8, 4) is 5.75 Å². The van der Waals surface area contributed by atoms with Crippen LogP contribution in [0.3, 0.4) is 0 Å². The van der Waals surface area contributed by atoms with Crippen molar-refractivity contribution in [2.75, 3.05) is 5.75 Å². The summed E-state index contributed by atoms with van der Waals surface area (Å²) in [6.07, 6.45) is -0.984. The topological polar surface area (TPSA) is 208 Å². The number of rotatable bonds is 12. The normalized spacial score (nSPS) is 14.3. The molecule has 1 rings (SSSR count). The summed E-state index contributed by atoms with van der Waals surface area (Å²) in [5.41, 5.74) is 5.98. The molecule has 0 saturated carbocycles. The van der Waals surface area contributed by atoms with Gasteiger partial charge < -0.3 is 37.0 Å². The number of phenols is 1. The maximum Gasteiger partial charge on any atom is 0.326 e. The second-order valence-corrected chi connectivity index (χ2v) is 7.33. The van der Waals surface area contributed by atoms with Gasteiger partial charge in [-0.25, -0.2) is 4.79 Å². The van der Waals surface area contributed by atoms with Crippen molar-refractivity contribution in [1.82, 2.24) is 16.0 Å². The minimum atomic E-state index is -1.72. The smallest absolute Gasteiger partial charge is 0.326 e. The van der Waals surface area contributed by atoms with Crippen LogP contribution in [0.1, 0.15) is 18.9 Å². The van der Waals surface area contributed by atoms with Crippen molar-refractivity contribution < 1.29 is 39.3 Å². The molecule has 13 heteroatoms. The lowest BCUT2D eigenvalue weighted by Gasteiger charge is -2.24. The van der Waals surface area contributed by atoms with E-state index in [0.717, 1.165) is 0 Å². The van der Waals surface area contributed by atoms with Crippen molar-refractivity contribution in [3.05, 3.63) is 29.8 Å². The fourth-order valence-corrected chi connectivity index (χ4v) is 2.75. The number of aromatic hydroxyl groups is 1. The number of nitrogens with two attached hydrogens (primary N) is 1. The number of nitrogens with one attached hydrogen (secondary N) is 3. The van der Waals surface area contributed by atoms with Gasteiger partial charge in [0, 0.05) is 12.2 Å². The summed E-state index contributed by atoms with van der Waals surface area (Å²) in [5, 5.41) is 34.3. The van der Waals surface area contributed by atoms with E-state index in [4.69, 9.17) is 15.9 Å². The average Bonchev–Trinajstić information content (AvgIpc) is 2.71. The summed E-state index contributed by atoms with van der Waals surface area (Å²) >= 11 is 4.01. The molecule has 0 aliphatic heterocycles. The highest BCUT2D eigenvalue weighted by Crippen LogP contribution is 2.12. The van der Waals surface area contributed by atoms with Crippen LogP contribution in [0.5, 0.6) is 5.75 Å². The van der Waals surface area contributed by atoms with Gasteiger partial charge in [0.15, 0.2) is 0 Å². The molecular formula is C19H26N4O8S. The van der Waals surface area contributed by atoms with Gasteiger partial charge in [-0.3, -0.25) is 19.2 Å². The SMILES string of the molecule is CC(N)C(=O)NC(CS)C(=O)NC(Cc1ccc(O)cc1)C(=O)NC(CC(=O)O)C(=O)O. The highest BCUT2D eigenvalue weighted by atomic mass is 32.1. The number of aliphatic carboxylic acids is 2. The number of benzene rings is 1. The van der Waals surface area contributed by atoms with E-state index < -0.39 is 60.2 Å². The van der Waals surface area contributed by atoms with Crippen molar-refractivity contribution in [3.63, 3.8) is 0 Å². The number of carboxylic acid groups (broad SMARTS) is 2. The maximum absolute atomic E-state index is 12.7. The molecule has 0 spiro atoms. The lowest BCUT2D eigenvalue weighted by Crippen LogP contribution is -2.58. The van der Waals surface area contributed by atoms with Gasteiger partial charge in [0.1, 0.15) is 23.9 Å². The summed E-state index contributed by atoms with van der Waals surface area (Å²) in [6, 6.07) is 0.611. The number of carbonyl (C=O) groups excluding carboxylic acids is 3. The van der Waals surface area contributed by atoms with E-state index in [1.807, 2.05) is 0 Å². The Balaban J connectivity index is 3.07. The molecule has 1 aromatic rings. The van der Waals surface area contributed by atoms with Gasteiger partial charge in [0.05, 0.1) is 12.5 Å². The zero-order chi connectivity index (χ0) is 24.4. The van der Waals surface area contributed by atoms with E-state index in [0.29, 0.717) is 5.56 Å². The van der Waals surface area contributed by atoms with Gasteiger partial charge >= 0.3 is 11.9 Å².